The van der Waals surface area contributed by atoms with Gasteiger partial charge in [0.2, 0.25) is 0 Å². The Morgan fingerprint density at radius 3 is 1.90 bits per heavy atom. The summed E-state index contributed by atoms with van der Waals surface area (Å²) in [6.07, 6.45) is 7.64. The maximum absolute atomic E-state index is 11.4. The molecule has 1 unspecified atom stereocenters. The molecule has 0 aromatic carbocycles. The number of pyridine rings is 2. The molecular weight excluding hydrogens is 388 g/mol. The van der Waals surface area contributed by atoms with Gasteiger partial charge >= 0.3 is 11.9 Å². The van der Waals surface area contributed by atoms with E-state index in [9.17, 15) is 19.5 Å². The van der Waals surface area contributed by atoms with Crippen LogP contribution in [0.4, 0.5) is 0 Å². The molecule has 0 radical (unpaired) electrons. The molecule has 0 saturated carbocycles. The normalized spacial score (nSPS) is 10.7. The van der Waals surface area contributed by atoms with Crippen LogP contribution in [0.5, 0.6) is 0 Å². The number of aromatic nitrogens is 2. The van der Waals surface area contributed by atoms with Gasteiger partial charge in [-0.3, -0.25) is 14.8 Å². The van der Waals surface area contributed by atoms with E-state index < -0.39 is 18.0 Å². The first-order valence-electron chi connectivity index (χ1n) is 8.82. The van der Waals surface area contributed by atoms with E-state index in [2.05, 4.69) is 25.4 Å². The minimum Gasteiger partial charge on any atom is -0.465 e. The molecule has 2 aromatic heterocycles. The monoisotopic (exact) mass is 412 g/mol. The van der Waals surface area contributed by atoms with Gasteiger partial charge < -0.3 is 14.6 Å². The number of ether oxygens (including phenoxy) is 2. The van der Waals surface area contributed by atoms with Gasteiger partial charge in [-0.15, -0.1) is 6.42 Å². The highest BCUT2D eigenvalue weighted by molar-refractivity contribution is 5.94. The van der Waals surface area contributed by atoms with Crippen molar-refractivity contribution < 1.29 is 29.0 Å². The number of esters is 2. The predicted octanol–water partition coefficient (Wildman–Crippen LogP) is 2.45. The quantitative estimate of drug-likeness (QED) is 0.462. The minimum absolute atomic E-state index is 0.317. The molecule has 1 atom stereocenters. The van der Waals surface area contributed by atoms with Crippen molar-refractivity contribution in [1.82, 2.24) is 9.97 Å². The number of carbonyl (C=O) groups is 3. The molecule has 8 nitrogen and oxygen atoms in total. The van der Waals surface area contributed by atoms with Crippen molar-refractivity contribution in [1.29, 1.82) is 0 Å². The molecule has 0 amide bonds. The second-order valence-corrected chi connectivity index (χ2v) is 6.26. The lowest BCUT2D eigenvalue weighted by molar-refractivity contribution is 0.0590. The molecule has 0 aliphatic heterocycles. The minimum atomic E-state index is -1.06. The molecule has 0 saturated heterocycles. The van der Waals surface area contributed by atoms with Crippen LogP contribution in [-0.4, -0.2) is 47.5 Å². The number of carbonyl (C=O) groups excluding carboxylic acids is 3. The van der Waals surface area contributed by atoms with Gasteiger partial charge in [-0.1, -0.05) is 5.92 Å². The summed E-state index contributed by atoms with van der Waals surface area (Å²) >= 11 is 0. The first-order chi connectivity index (χ1) is 14.1. The summed E-state index contributed by atoms with van der Waals surface area (Å²) in [5, 5.41) is 9.64. The largest absolute Gasteiger partial charge is 0.465 e. The smallest absolute Gasteiger partial charge is 0.339 e. The first-order valence-corrected chi connectivity index (χ1v) is 8.82. The van der Waals surface area contributed by atoms with Crippen LogP contribution < -0.4 is 0 Å². The van der Waals surface area contributed by atoms with Gasteiger partial charge in [0.25, 0.3) is 0 Å². The summed E-state index contributed by atoms with van der Waals surface area (Å²) in [5.41, 5.74) is 4.03. The molecule has 0 fully saturated rings. The zero-order chi connectivity index (χ0) is 23.0. The second-order valence-electron chi connectivity index (χ2n) is 6.26. The number of methoxy groups -OCH3 is 2. The van der Waals surface area contributed by atoms with E-state index in [1.807, 2.05) is 0 Å². The number of aldehydes is 1. The summed E-state index contributed by atoms with van der Waals surface area (Å²) in [6.45, 7) is 6.85. The molecule has 2 aromatic rings. The average Bonchev–Trinajstić information content (AvgIpc) is 2.73. The Kier molecular flexibility index (Phi) is 8.84. The number of rotatable bonds is 4. The number of aliphatic hydroxyl groups is 1. The van der Waals surface area contributed by atoms with Crippen LogP contribution in [0.15, 0.2) is 12.4 Å². The van der Waals surface area contributed by atoms with Gasteiger partial charge in [-0.25, -0.2) is 9.59 Å². The van der Waals surface area contributed by atoms with E-state index in [4.69, 9.17) is 6.42 Å². The van der Waals surface area contributed by atoms with E-state index in [-0.39, 0.29) is 0 Å². The Labute approximate surface area is 175 Å². The predicted molar refractivity (Wildman–Crippen MR) is 109 cm³/mol. The second kappa shape index (κ2) is 10.8. The number of aliphatic hydroxyl groups excluding tert-OH is 1. The molecule has 2 rings (SSSR count). The zero-order valence-corrected chi connectivity index (χ0v) is 17.8. The molecule has 30 heavy (non-hydrogen) atoms. The van der Waals surface area contributed by atoms with Crippen LogP contribution >= 0.6 is 0 Å². The van der Waals surface area contributed by atoms with Crippen LogP contribution in [0.25, 0.3) is 0 Å². The Bertz CT molecular complexity index is 1010. The van der Waals surface area contributed by atoms with Gasteiger partial charge in [0.1, 0.15) is 6.10 Å². The lowest BCUT2D eigenvalue weighted by atomic mass is 9.99. The third kappa shape index (κ3) is 5.27. The molecular formula is C22H24N2O6. The van der Waals surface area contributed by atoms with E-state index in [1.165, 1.54) is 26.6 Å². The third-order valence-electron chi connectivity index (χ3n) is 4.53. The van der Waals surface area contributed by atoms with Crippen LogP contribution in [-0.2, 0) is 9.47 Å². The fraction of sp³-hybridized carbons (Fsp3) is 0.318. The summed E-state index contributed by atoms with van der Waals surface area (Å²) < 4.78 is 9.17. The van der Waals surface area contributed by atoms with Crippen molar-refractivity contribution in [3.05, 3.63) is 57.2 Å². The highest BCUT2D eigenvalue weighted by Crippen LogP contribution is 2.23. The molecule has 0 aliphatic carbocycles. The van der Waals surface area contributed by atoms with Crippen LogP contribution in [0.2, 0.25) is 0 Å². The van der Waals surface area contributed by atoms with Gasteiger partial charge in [0, 0.05) is 34.9 Å². The molecule has 0 aliphatic rings. The van der Waals surface area contributed by atoms with Gasteiger partial charge in [0.15, 0.2) is 6.29 Å². The first kappa shape index (κ1) is 24.5. The van der Waals surface area contributed by atoms with Gasteiger partial charge in [0.05, 0.1) is 25.3 Å². The maximum Gasteiger partial charge on any atom is 0.339 e. The van der Waals surface area contributed by atoms with Gasteiger partial charge in [-0.05, 0) is 38.8 Å². The van der Waals surface area contributed by atoms with Crippen molar-refractivity contribution in [3.8, 4) is 12.3 Å². The highest BCUT2D eigenvalue weighted by atomic mass is 16.5. The molecule has 1 N–H and O–H groups in total. The Hall–Kier alpha value is -3.57. The van der Waals surface area contributed by atoms with Crippen molar-refractivity contribution in [3.63, 3.8) is 0 Å². The number of hydrogen-bond donors (Lipinski definition) is 1. The van der Waals surface area contributed by atoms with E-state index >= 15 is 0 Å². The summed E-state index contributed by atoms with van der Waals surface area (Å²) in [5.74, 6) is 1.25. The lowest BCUT2D eigenvalue weighted by Crippen LogP contribution is -2.11. The number of terminal acetylenes is 1. The Morgan fingerprint density at radius 1 is 1.00 bits per heavy atom. The maximum atomic E-state index is 11.4. The Morgan fingerprint density at radius 2 is 1.47 bits per heavy atom. The van der Waals surface area contributed by atoms with Crippen molar-refractivity contribution in [2.24, 2.45) is 0 Å². The fourth-order valence-corrected chi connectivity index (χ4v) is 2.78. The molecule has 158 valence electrons. The SMILES string of the molecule is C#CC(O)c1c(C)ncc(C(=O)OC)c1C.COC(=O)c1cnc(C)c(C=O)c1C. The van der Waals surface area contributed by atoms with Crippen molar-refractivity contribution in [2.45, 2.75) is 33.8 Å². The van der Waals surface area contributed by atoms with Crippen LogP contribution in [0.1, 0.15) is 65.3 Å². The number of aryl methyl sites for hydroxylation is 2. The topological polar surface area (TPSA) is 116 Å². The van der Waals surface area contributed by atoms with Crippen LogP contribution in [0.3, 0.4) is 0 Å². The summed E-state index contributed by atoms with van der Waals surface area (Å²) in [6, 6.07) is 0. The summed E-state index contributed by atoms with van der Waals surface area (Å²) in [7, 11) is 2.58. The highest BCUT2D eigenvalue weighted by Gasteiger charge is 2.19. The molecule has 0 bridgehead atoms. The zero-order valence-electron chi connectivity index (χ0n) is 17.8. The van der Waals surface area contributed by atoms with Crippen molar-refractivity contribution >= 4 is 18.2 Å². The fourth-order valence-electron chi connectivity index (χ4n) is 2.78. The molecule has 2 heterocycles. The molecule has 8 heteroatoms. The third-order valence-corrected chi connectivity index (χ3v) is 4.53. The van der Waals surface area contributed by atoms with Crippen LogP contribution in [0, 0.1) is 40.0 Å². The number of nitrogens with zero attached hydrogens (tertiary/aromatic N) is 2. The average molecular weight is 412 g/mol. The molecule has 0 spiro atoms. The van der Waals surface area contributed by atoms with E-state index in [1.54, 1.807) is 27.7 Å². The van der Waals surface area contributed by atoms with E-state index in [0.717, 1.165) is 0 Å². The standard InChI is InChI=1S/C12H13NO3.C10H11NO3/c1-5-10(14)11-7(2)9(12(15)16-4)6-13-8(11)3;1-6-8(10(13)14-3)4-11-7(2)9(6)5-12/h1,6,10,14H,2-4H3;4-5H,1-3H3. The Balaban J connectivity index is 0.000000303. The lowest BCUT2D eigenvalue weighted by Gasteiger charge is -2.13. The van der Waals surface area contributed by atoms with Crippen molar-refractivity contribution in [2.75, 3.05) is 14.2 Å². The van der Waals surface area contributed by atoms with Gasteiger partial charge in [-0.2, -0.15) is 0 Å². The van der Waals surface area contributed by atoms with E-state index in [0.29, 0.717) is 51.1 Å². The number of hydrogen-bond acceptors (Lipinski definition) is 8. The summed E-state index contributed by atoms with van der Waals surface area (Å²) in [4.78, 5) is 41.3.